The standard InChI is InChI=1S/C8H8NO/c9-7-1-2-8-6(5-7)3-4-10-8/h1-2,4-5H,3,9H2. The molecule has 0 bridgehead atoms. The van der Waals surface area contributed by atoms with Gasteiger partial charge in [-0.15, -0.1) is 0 Å². The zero-order valence-electron chi connectivity index (χ0n) is 5.50. The molecular formula is C8H8NO. The Morgan fingerprint density at radius 3 is 3.20 bits per heavy atom. The van der Waals surface area contributed by atoms with Crippen molar-refractivity contribution in [2.75, 3.05) is 5.73 Å². The first kappa shape index (κ1) is 5.59. The van der Waals surface area contributed by atoms with Crippen LogP contribution in [0.15, 0.2) is 18.2 Å². The van der Waals surface area contributed by atoms with E-state index in [0.717, 1.165) is 17.9 Å². The van der Waals surface area contributed by atoms with Crippen LogP contribution in [0.3, 0.4) is 0 Å². The number of rotatable bonds is 0. The molecule has 1 aromatic carbocycles. The number of hydrogen-bond acceptors (Lipinski definition) is 2. The fraction of sp³-hybridized carbons (Fsp3) is 0.125. The molecule has 1 aliphatic rings. The molecule has 0 saturated heterocycles. The summed E-state index contributed by atoms with van der Waals surface area (Å²) in [6.45, 7) is 1.78. The minimum atomic E-state index is 0.803. The van der Waals surface area contributed by atoms with Gasteiger partial charge >= 0.3 is 0 Å². The highest BCUT2D eigenvalue weighted by atomic mass is 16.5. The van der Waals surface area contributed by atoms with E-state index in [4.69, 9.17) is 10.5 Å². The minimum absolute atomic E-state index is 0.803. The Kier molecular flexibility index (Phi) is 1.07. The van der Waals surface area contributed by atoms with E-state index in [-0.39, 0.29) is 0 Å². The van der Waals surface area contributed by atoms with Crippen LogP contribution < -0.4 is 10.5 Å². The molecule has 0 atom stereocenters. The first-order chi connectivity index (χ1) is 4.86. The van der Waals surface area contributed by atoms with Crippen LogP contribution in [0.5, 0.6) is 5.75 Å². The van der Waals surface area contributed by atoms with Crippen LogP contribution in [0, 0.1) is 6.61 Å². The maximum atomic E-state index is 5.56. The molecule has 0 aromatic heterocycles. The highest BCUT2D eigenvalue weighted by molar-refractivity contribution is 5.49. The molecule has 2 N–H and O–H groups in total. The number of nitrogen functional groups attached to an aromatic ring is 1. The molecule has 0 fully saturated rings. The largest absolute Gasteiger partial charge is 0.486 e. The van der Waals surface area contributed by atoms with Crippen molar-refractivity contribution in [2.45, 2.75) is 6.42 Å². The van der Waals surface area contributed by atoms with Gasteiger partial charge in [-0.3, -0.25) is 0 Å². The number of hydrogen-bond donors (Lipinski definition) is 1. The molecule has 2 heteroatoms. The molecule has 0 unspecified atom stereocenters. The summed E-state index contributed by atoms with van der Waals surface area (Å²) < 4.78 is 5.17. The quantitative estimate of drug-likeness (QED) is 0.544. The summed E-state index contributed by atoms with van der Waals surface area (Å²) >= 11 is 0. The van der Waals surface area contributed by atoms with E-state index in [2.05, 4.69) is 0 Å². The van der Waals surface area contributed by atoms with Crippen LogP contribution in [0.25, 0.3) is 0 Å². The van der Waals surface area contributed by atoms with E-state index in [1.807, 2.05) is 18.2 Å². The second-order valence-electron chi connectivity index (χ2n) is 2.36. The maximum Gasteiger partial charge on any atom is 0.140 e. The third-order valence-corrected chi connectivity index (χ3v) is 1.60. The Hall–Kier alpha value is -1.18. The third-order valence-electron chi connectivity index (χ3n) is 1.60. The van der Waals surface area contributed by atoms with Gasteiger partial charge in [-0.25, -0.2) is 0 Å². The SMILES string of the molecule is Nc1ccc2c(c1)C[CH]O2. The molecule has 0 saturated carbocycles. The number of fused-ring (bicyclic) bond motifs is 1. The molecule has 1 radical (unpaired) electrons. The Morgan fingerprint density at radius 1 is 1.40 bits per heavy atom. The third kappa shape index (κ3) is 0.727. The Labute approximate surface area is 59.6 Å². The van der Waals surface area contributed by atoms with E-state index < -0.39 is 0 Å². The molecule has 1 aromatic rings. The molecule has 1 heterocycles. The number of ether oxygens (including phenoxy) is 1. The topological polar surface area (TPSA) is 35.2 Å². The first-order valence-corrected chi connectivity index (χ1v) is 3.23. The predicted molar refractivity (Wildman–Crippen MR) is 39.5 cm³/mol. The lowest BCUT2D eigenvalue weighted by molar-refractivity contribution is 0.435. The Bertz CT molecular complexity index is 257. The van der Waals surface area contributed by atoms with Gasteiger partial charge in [-0.2, -0.15) is 0 Å². The summed E-state index contributed by atoms with van der Waals surface area (Å²) in [5, 5.41) is 0. The summed E-state index contributed by atoms with van der Waals surface area (Å²) in [5.74, 6) is 0.939. The predicted octanol–water partition coefficient (Wildman–Crippen LogP) is 1.37. The molecule has 2 nitrogen and oxygen atoms in total. The van der Waals surface area contributed by atoms with E-state index in [9.17, 15) is 0 Å². The smallest absolute Gasteiger partial charge is 0.140 e. The van der Waals surface area contributed by atoms with Crippen molar-refractivity contribution in [1.82, 2.24) is 0 Å². The molecular weight excluding hydrogens is 126 g/mol. The average Bonchev–Trinajstić information content (AvgIpc) is 2.33. The fourth-order valence-corrected chi connectivity index (χ4v) is 1.10. The second-order valence-corrected chi connectivity index (χ2v) is 2.36. The van der Waals surface area contributed by atoms with Crippen LogP contribution in [0.2, 0.25) is 0 Å². The Balaban J connectivity index is 2.52. The van der Waals surface area contributed by atoms with Gasteiger partial charge in [-0.05, 0) is 23.8 Å². The molecule has 2 rings (SSSR count). The molecule has 0 aliphatic carbocycles. The lowest BCUT2D eigenvalue weighted by Gasteiger charge is -1.97. The summed E-state index contributed by atoms with van der Waals surface area (Å²) in [4.78, 5) is 0. The van der Waals surface area contributed by atoms with Crippen molar-refractivity contribution in [3.63, 3.8) is 0 Å². The van der Waals surface area contributed by atoms with Gasteiger partial charge in [0.15, 0.2) is 0 Å². The highest BCUT2D eigenvalue weighted by Crippen LogP contribution is 2.28. The number of nitrogens with two attached hydrogens (primary N) is 1. The van der Waals surface area contributed by atoms with Gasteiger partial charge in [-0.1, -0.05) is 0 Å². The van der Waals surface area contributed by atoms with Crippen LogP contribution >= 0.6 is 0 Å². The van der Waals surface area contributed by atoms with Gasteiger partial charge < -0.3 is 10.5 Å². The lowest BCUT2D eigenvalue weighted by atomic mass is 10.1. The Morgan fingerprint density at radius 2 is 2.30 bits per heavy atom. The van der Waals surface area contributed by atoms with Crippen molar-refractivity contribution < 1.29 is 4.74 Å². The van der Waals surface area contributed by atoms with Gasteiger partial charge in [0.25, 0.3) is 0 Å². The van der Waals surface area contributed by atoms with Crippen molar-refractivity contribution in [1.29, 1.82) is 0 Å². The summed E-state index contributed by atoms with van der Waals surface area (Å²) in [5.41, 5.74) is 7.55. The van der Waals surface area contributed by atoms with Gasteiger partial charge in [0.2, 0.25) is 0 Å². The first-order valence-electron chi connectivity index (χ1n) is 3.23. The van der Waals surface area contributed by atoms with Gasteiger partial charge in [0.1, 0.15) is 12.4 Å². The molecule has 0 spiro atoms. The zero-order chi connectivity index (χ0) is 6.97. The van der Waals surface area contributed by atoms with Crippen molar-refractivity contribution in [3.8, 4) is 5.75 Å². The van der Waals surface area contributed by atoms with Crippen LogP contribution in [0.4, 0.5) is 5.69 Å². The van der Waals surface area contributed by atoms with E-state index in [1.165, 1.54) is 5.56 Å². The number of anilines is 1. The average molecular weight is 134 g/mol. The highest BCUT2D eigenvalue weighted by Gasteiger charge is 2.11. The molecule has 1 aliphatic heterocycles. The molecule has 51 valence electrons. The monoisotopic (exact) mass is 134 g/mol. The van der Waals surface area contributed by atoms with Gasteiger partial charge in [0.05, 0.1) is 0 Å². The second kappa shape index (κ2) is 1.90. The van der Waals surface area contributed by atoms with Crippen LogP contribution in [-0.2, 0) is 6.42 Å². The summed E-state index contributed by atoms with van der Waals surface area (Å²) in [7, 11) is 0. The van der Waals surface area contributed by atoms with Crippen LogP contribution in [0.1, 0.15) is 5.56 Å². The maximum absolute atomic E-state index is 5.56. The van der Waals surface area contributed by atoms with E-state index >= 15 is 0 Å². The lowest BCUT2D eigenvalue weighted by Crippen LogP contribution is -1.84. The molecule has 0 amide bonds. The van der Waals surface area contributed by atoms with E-state index in [1.54, 1.807) is 6.61 Å². The number of benzene rings is 1. The van der Waals surface area contributed by atoms with Crippen molar-refractivity contribution in [3.05, 3.63) is 30.4 Å². The minimum Gasteiger partial charge on any atom is -0.486 e. The van der Waals surface area contributed by atoms with E-state index in [0.29, 0.717) is 0 Å². The fourth-order valence-electron chi connectivity index (χ4n) is 1.10. The van der Waals surface area contributed by atoms with Crippen molar-refractivity contribution >= 4 is 5.69 Å². The van der Waals surface area contributed by atoms with Crippen molar-refractivity contribution in [2.24, 2.45) is 0 Å². The zero-order valence-corrected chi connectivity index (χ0v) is 5.50. The summed E-state index contributed by atoms with van der Waals surface area (Å²) in [6, 6.07) is 5.69. The normalized spacial score (nSPS) is 14.4. The van der Waals surface area contributed by atoms with Gasteiger partial charge in [0, 0.05) is 12.1 Å². The van der Waals surface area contributed by atoms with Crippen LogP contribution in [-0.4, -0.2) is 0 Å². The summed E-state index contributed by atoms with van der Waals surface area (Å²) in [6.07, 6.45) is 0.875. The molecule has 10 heavy (non-hydrogen) atoms.